The number of aromatic carboxylic acids is 1. The summed E-state index contributed by atoms with van der Waals surface area (Å²) in [6.07, 6.45) is -2.84. The normalized spacial score (nSPS) is 38.7. The van der Waals surface area contributed by atoms with Crippen LogP contribution in [0.5, 0.6) is 5.75 Å². The van der Waals surface area contributed by atoms with Crippen LogP contribution in [-0.4, -0.2) is 117 Å². The third-order valence-electron chi connectivity index (χ3n) is 13.5. The summed E-state index contributed by atoms with van der Waals surface area (Å²) in [5, 5.41) is 54.7. The molecule has 0 saturated carbocycles. The molecule has 58 heavy (non-hydrogen) atoms. The Morgan fingerprint density at radius 1 is 1.07 bits per heavy atom. The smallest absolute Gasteiger partial charge is 0.339 e. The molecule has 17 unspecified atom stereocenters. The minimum atomic E-state index is -1.72. The first kappa shape index (κ1) is 46.4. The quantitative estimate of drug-likeness (QED) is 0.126. The van der Waals surface area contributed by atoms with Crippen LogP contribution in [0.25, 0.3) is 0 Å². The summed E-state index contributed by atoms with van der Waals surface area (Å²) >= 11 is 6.50. The summed E-state index contributed by atoms with van der Waals surface area (Å²) in [6.45, 7) is 17.9. The number of methoxy groups -OCH3 is 1. The lowest BCUT2D eigenvalue weighted by atomic mass is 9.74. The Morgan fingerprint density at radius 3 is 2.33 bits per heavy atom. The lowest BCUT2D eigenvalue weighted by molar-refractivity contribution is -0.414. The summed E-state index contributed by atoms with van der Waals surface area (Å²) in [6, 6.07) is 1.52. The van der Waals surface area contributed by atoms with Gasteiger partial charge in [-0.25, -0.2) is 9.59 Å². The lowest BCUT2D eigenvalue weighted by Crippen LogP contribution is -2.64. The number of rotatable bonds is 13. The number of aromatic hydroxyl groups is 1. The summed E-state index contributed by atoms with van der Waals surface area (Å²) in [5.74, 6) is -9.24. The lowest BCUT2D eigenvalue weighted by Gasteiger charge is -2.54. The summed E-state index contributed by atoms with van der Waals surface area (Å²) in [7, 11) is 1.51. The second kappa shape index (κ2) is 17.4. The fourth-order valence-corrected chi connectivity index (χ4v) is 10.7. The highest BCUT2D eigenvalue weighted by molar-refractivity contribution is 6.32. The van der Waals surface area contributed by atoms with Gasteiger partial charge in [0.2, 0.25) is 5.79 Å². The van der Waals surface area contributed by atoms with E-state index in [2.05, 4.69) is 0 Å². The van der Waals surface area contributed by atoms with Gasteiger partial charge in [-0.05, 0) is 80.7 Å². The molecule has 5 rings (SSSR count). The Balaban J connectivity index is 1.35. The standard InChI is InChI=1S/C43H63ClO14/c1-12-54-40(52)37-28(45)18-30(55-37)41(10)38(53-11)26(9)43(57-41)29(46)13-14-42(58-43)23(6)16-22(5)36(56-42)25(8)35(49)24(7)33(47)20(3)15-19(2)31-27(44)17-21(4)34(48)32(31)39(50)51/h13-14,17,19-20,22-26,28-30,33,36-38,45-48H,12,15-16,18H2,1-11H3,(H,50,51). The number of carbonyl (C=O) groups excluding carboxylic acids is 2. The van der Waals surface area contributed by atoms with Crippen LogP contribution >= 0.6 is 11.6 Å². The van der Waals surface area contributed by atoms with Gasteiger partial charge in [-0.3, -0.25) is 4.79 Å². The topological polar surface area (TPSA) is 208 Å². The van der Waals surface area contributed by atoms with Crippen molar-refractivity contribution >= 4 is 29.3 Å². The van der Waals surface area contributed by atoms with Gasteiger partial charge >= 0.3 is 11.9 Å². The number of Topliss-reactive ketones (excluding diaryl/α,β-unsaturated/α-hetero) is 1. The third kappa shape index (κ3) is 7.98. The number of benzene rings is 1. The average Bonchev–Trinajstić information content (AvgIpc) is 3.66. The Labute approximate surface area is 346 Å². The Hall–Kier alpha value is -2.66. The molecule has 0 aliphatic carbocycles. The van der Waals surface area contributed by atoms with Gasteiger partial charge < -0.3 is 54.0 Å². The molecule has 0 bridgehead atoms. The minimum Gasteiger partial charge on any atom is -0.507 e. The maximum absolute atomic E-state index is 14.3. The molecule has 0 radical (unpaired) electrons. The van der Waals surface area contributed by atoms with Crippen molar-refractivity contribution in [2.45, 2.75) is 154 Å². The van der Waals surface area contributed by atoms with Gasteiger partial charge in [0, 0.05) is 42.2 Å². The molecule has 3 saturated heterocycles. The zero-order valence-electron chi connectivity index (χ0n) is 35.4. The number of esters is 1. The summed E-state index contributed by atoms with van der Waals surface area (Å²) < 4.78 is 37.8. The van der Waals surface area contributed by atoms with Crippen LogP contribution in [0.15, 0.2) is 18.2 Å². The third-order valence-corrected chi connectivity index (χ3v) is 13.8. The molecule has 3 fully saturated rings. The molecular formula is C43H63ClO14. The number of aliphatic hydroxyl groups excluding tert-OH is 3. The van der Waals surface area contributed by atoms with E-state index in [1.165, 1.54) is 13.2 Å². The van der Waals surface area contributed by atoms with Crippen LogP contribution in [0.3, 0.4) is 0 Å². The molecular weight excluding hydrogens is 776 g/mol. The molecule has 4 aliphatic heterocycles. The van der Waals surface area contributed by atoms with E-state index in [-0.39, 0.29) is 59.0 Å². The maximum atomic E-state index is 14.3. The monoisotopic (exact) mass is 838 g/mol. The van der Waals surface area contributed by atoms with E-state index in [1.807, 2.05) is 20.8 Å². The molecule has 14 nitrogen and oxygen atoms in total. The second-order valence-corrected chi connectivity index (χ2v) is 18.0. The van der Waals surface area contributed by atoms with Crippen molar-refractivity contribution in [2.24, 2.45) is 35.5 Å². The molecule has 326 valence electrons. The van der Waals surface area contributed by atoms with Crippen molar-refractivity contribution in [3.63, 3.8) is 0 Å². The SMILES string of the molecule is CCOC(=O)C1OC(C2(C)OC3(OC4(C=CC3O)OC(C(C)C(=O)C(C)C(O)C(C)CC(C)c3c(Cl)cc(C)c(O)c3C(=O)O)C(C)CC4C)C(C)C2OC)CC1O. The zero-order chi connectivity index (χ0) is 43.4. The van der Waals surface area contributed by atoms with E-state index >= 15 is 0 Å². The Kier molecular flexibility index (Phi) is 13.9. The molecule has 4 heterocycles. The number of carbonyl (C=O) groups is 3. The molecule has 2 spiro atoms. The number of carboxylic acids is 1. The van der Waals surface area contributed by atoms with Crippen molar-refractivity contribution < 1.29 is 68.3 Å². The number of hydrogen-bond acceptors (Lipinski definition) is 13. The molecule has 1 aromatic carbocycles. The highest BCUT2D eigenvalue weighted by Crippen LogP contribution is 2.56. The van der Waals surface area contributed by atoms with Gasteiger partial charge in [0.1, 0.15) is 28.8 Å². The van der Waals surface area contributed by atoms with Crippen LogP contribution < -0.4 is 0 Å². The van der Waals surface area contributed by atoms with Gasteiger partial charge in [-0.1, -0.05) is 60.1 Å². The fourth-order valence-electron chi connectivity index (χ4n) is 10.3. The van der Waals surface area contributed by atoms with E-state index in [0.717, 1.165) is 0 Å². The summed E-state index contributed by atoms with van der Waals surface area (Å²) in [4.78, 5) is 39.0. The van der Waals surface area contributed by atoms with Gasteiger partial charge in [0.15, 0.2) is 11.9 Å². The molecule has 0 amide bonds. The highest BCUT2D eigenvalue weighted by Gasteiger charge is 2.70. The van der Waals surface area contributed by atoms with Crippen LogP contribution in [0.1, 0.15) is 109 Å². The first-order valence-electron chi connectivity index (χ1n) is 20.5. The van der Waals surface area contributed by atoms with Gasteiger partial charge in [0.25, 0.3) is 0 Å². The zero-order valence-corrected chi connectivity index (χ0v) is 36.2. The number of aryl methyl sites for hydroxylation is 1. The van der Waals surface area contributed by atoms with Crippen LogP contribution in [-0.2, 0) is 38.0 Å². The number of ether oxygens (including phenoxy) is 6. The van der Waals surface area contributed by atoms with Gasteiger partial charge in [-0.2, -0.15) is 0 Å². The number of phenols is 1. The second-order valence-electron chi connectivity index (χ2n) is 17.6. The van der Waals surface area contributed by atoms with Crippen LogP contribution in [0.4, 0.5) is 0 Å². The van der Waals surface area contributed by atoms with E-state index in [1.54, 1.807) is 60.6 Å². The van der Waals surface area contributed by atoms with Crippen molar-refractivity contribution in [3.05, 3.63) is 39.9 Å². The Morgan fingerprint density at radius 2 is 1.72 bits per heavy atom. The molecule has 17 atom stereocenters. The van der Waals surface area contributed by atoms with Crippen LogP contribution in [0.2, 0.25) is 5.02 Å². The molecule has 0 aromatic heterocycles. The predicted molar refractivity (Wildman–Crippen MR) is 211 cm³/mol. The predicted octanol–water partition coefficient (Wildman–Crippen LogP) is 5.31. The van der Waals surface area contributed by atoms with Gasteiger partial charge in [0.05, 0.1) is 37.1 Å². The van der Waals surface area contributed by atoms with Crippen molar-refractivity contribution in [2.75, 3.05) is 13.7 Å². The fraction of sp³-hybridized carbons (Fsp3) is 0.744. The average molecular weight is 839 g/mol. The maximum Gasteiger partial charge on any atom is 0.339 e. The minimum absolute atomic E-state index is 0.0417. The van der Waals surface area contributed by atoms with Gasteiger partial charge in [-0.15, -0.1) is 0 Å². The number of halogens is 1. The molecule has 1 aromatic rings. The van der Waals surface area contributed by atoms with E-state index in [0.29, 0.717) is 12.0 Å². The molecule has 5 N–H and O–H groups in total. The van der Waals surface area contributed by atoms with E-state index in [4.69, 9.17) is 40.0 Å². The molecule has 4 aliphatic rings. The Bertz CT molecular complexity index is 1740. The highest BCUT2D eigenvalue weighted by atomic mass is 35.5. The number of aliphatic hydroxyl groups is 3. The summed E-state index contributed by atoms with van der Waals surface area (Å²) in [5.41, 5.74) is -0.978. The van der Waals surface area contributed by atoms with E-state index in [9.17, 15) is 39.9 Å². The first-order valence-corrected chi connectivity index (χ1v) is 20.8. The molecule has 15 heteroatoms. The number of carboxylic acid groups (broad SMARTS) is 1. The van der Waals surface area contributed by atoms with Crippen molar-refractivity contribution in [1.82, 2.24) is 0 Å². The van der Waals surface area contributed by atoms with Crippen LogP contribution in [0, 0.1) is 42.4 Å². The van der Waals surface area contributed by atoms with Crippen molar-refractivity contribution in [1.29, 1.82) is 0 Å². The largest absolute Gasteiger partial charge is 0.507 e. The van der Waals surface area contributed by atoms with E-state index < -0.39 is 101 Å². The van der Waals surface area contributed by atoms with Crippen molar-refractivity contribution in [3.8, 4) is 5.75 Å². The number of ketones is 1. The number of hydrogen-bond donors (Lipinski definition) is 5. The first-order chi connectivity index (χ1) is 27.0.